The van der Waals surface area contributed by atoms with Gasteiger partial charge in [-0.25, -0.2) is 0 Å². The van der Waals surface area contributed by atoms with Gasteiger partial charge < -0.3 is 14.6 Å². The van der Waals surface area contributed by atoms with Crippen molar-refractivity contribution in [3.8, 4) is 0 Å². The normalized spacial score (nSPS) is 26.8. The van der Waals surface area contributed by atoms with Crippen LogP contribution in [0.2, 0.25) is 0 Å². The Hall–Kier alpha value is -0.610. The number of ether oxygens (including phenoxy) is 2. The van der Waals surface area contributed by atoms with Gasteiger partial charge in [-0.05, 0) is 19.8 Å². The lowest BCUT2D eigenvalue weighted by Gasteiger charge is -2.21. The van der Waals surface area contributed by atoms with Gasteiger partial charge in [-0.2, -0.15) is 0 Å². The van der Waals surface area contributed by atoms with Crippen LogP contribution in [-0.4, -0.2) is 37.0 Å². The molecule has 0 bridgehead atoms. The van der Waals surface area contributed by atoms with Crippen LogP contribution in [0.1, 0.15) is 19.8 Å². The average Bonchev–Trinajstić information content (AvgIpc) is 2.67. The van der Waals surface area contributed by atoms with E-state index in [9.17, 15) is 9.90 Å². The minimum absolute atomic E-state index is 0.200. The predicted octanol–water partition coefficient (Wildman–Crippen LogP) is 0.335. The summed E-state index contributed by atoms with van der Waals surface area (Å²) < 4.78 is 9.81. The van der Waals surface area contributed by atoms with Crippen LogP contribution in [0.25, 0.3) is 0 Å². The van der Waals surface area contributed by atoms with Crippen molar-refractivity contribution < 1.29 is 19.4 Å². The molecule has 1 aliphatic heterocycles. The monoisotopic (exact) mass is 188 g/mol. The van der Waals surface area contributed by atoms with Crippen molar-refractivity contribution in [2.24, 2.45) is 5.92 Å². The van der Waals surface area contributed by atoms with Crippen LogP contribution in [0.3, 0.4) is 0 Å². The zero-order valence-corrected chi connectivity index (χ0v) is 8.03. The second kappa shape index (κ2) is 4.58. The molecule has 1 rings (SSSR count). The second-order valence-electron chi connectivity index (χ2n) is 3.35. The summed E-state index contributed by atoms with van der Waals surface area (Å²) in [5, 5.41) is 9.69. The molecule has 3 unspecified atom stereocenters. The summed E-state index contributed by atoms with van der Waals surface area (Å²) in [7, 11) is 1.32. The molecule has 13 heavy (non-hydrogen) atoms. The van der Waals surface area contributed by atoms with Crippen molar-refractivity contribution in [2.45, 2.75) is 32.0 Å². The Bertz CT molecular complexity index is 174. The molecule has 4 heteroatoms. The Morgan fingerprint density at radius 2 is 2.38 bits per heavy atom. The van der Waals surface area contributed by atoms with Gasteiger partial charge in [0.05, 0.1) is 25.2 Å². The third-order valence-corrected chi connectivity index (χ3v) is 2.43. The fraction of sp³-hybridized carbons (Fsp3) is 0.889. The maximum atomic E-state index is 11.1. The largest absolute Gasteiger partial charge is 0.469 e. The molecule has 0 aromatic carbocycles. The number of aliphatic hydroxyl groups excluding tert-OH is 1. The minimum atomic E-state index is -0.741. The average molecular weight is 188 g/mol. The summed E-state index contributed by atoms with van der Waals surface area (Å²) in [5.74, 6) is -0.893. The molecule has 0 radical (unpaired) electrons. The Morgan fingerprint density at radius 1 is 1.69 bits per heavy atom. The maximum Gasteiger partial charge on any atom is 0.311 e. The topological polar surface area (TPSA) is 55.8 Å². The molecule has 1 saturated heterocycles. The van der Waals surface area contributed by atoms with Crippen LogP contribution in [0.15, 0.2) is 0 Å². The van der Waals surface area contributed by atoms with Crippen molar-refractivity contribution in [1.29, 1.82) is 0 Å². The zero-order valence-electron chi connectivity index (χ0n) is 8.03. The Labute approximate surface area is 77.8 Å². The summed E-state index contributed by atoms with van der Waals surface area (Å²) >= 11 is 0. The van der Waals surface area contributed by atoms with Crippen molar-refractivity contribution in [3.63, 3.8) is 0 Å². The molecule has 0 amide bonds. The van der Waals surface area contributed by atoms with E-state index in [1.54, 1.807) is 6.92 Å². The summed E-state index contributed by atoms with van der Waals surface area (Å²) in [6.07, 6.45) is 0.835. The Kier molecular flexibility index (Phi) is 3.69. The van der Waals surface area contributed by atoms with Gasteiger partial charge in [0.15, 0.2) is 0 Å². The van der Waals surface area contributed by atoms with Crippen molar-refractivity contribution in [3.05, 3.63) is 0 Å². The molecule has 1 aliphatic rings. The lowest BCUT2D eigenvalue weighted by atomic mass is 9.98. The third-order valence-electron chi connectivity index (χ3n) is 2.43. The maximum absolute atomic E-state index is 11.1. The molecular formula is C9H16O4. The van der Waals surface area contributed by atoms with Crippen LogP contribution in [-0.2, 0) is 14.3 Å². The quantitative estimate of drug-likeness (QED) is 0.649. The predicted molar refractivity (Wildman–Crippen MR) is 46.2 cm³/mol. The van der Waals surface area contributed by atoms with Crippen LogP contribution in [0, 0.1) is 5.92 Å². The first kappa shape index (κ1) is 10.5. The first-order valence-electron chi connectivity index (χ1n) is 4.54. The van der Waals surface area contributed by atoms with Crippen molar-refractivity contribution in [1.82, 2.24) is 0 Å². The van der Waals surface area contributed by atoms with E-state index >= 15 is 0 Å². The lowest BCUT2D eigenvalue weighted by molar-refractivity contribution is -0.152. The number of hydrogen-bond donors (Lipinski definition) is 1. The summed E-state index contributed by atoms with van der Waals surface area (Å²) in [6, 6.07) is 0. The van der Waals surface area contributed by atoms with E-state index in [-0.39, 0.29) is 12.1 Å². The highest BCUT2D eigenvalue weighted by Gasteiger charge is 2.32. The van der Waals surface area contributed by atoms with E-state index in [1.807, 2.05) is 0 Å². The highest BCUT2D eigenvalue weighted by Crippen LogP contribution is 2.20. The molecular weight excluding hydrogens is 172 g/mol. The molecule has 76 valence electrons. The zero-order chi connectivity index (χ0) is 9.84. The van der Waals surface area contributed by atoms with E-state index in [2.05, 4.69) is 4.74 Å². The molecule has 1 fully saturated rings. The van der Waals surface area contributed by atoms with Gasteiger partial charge in [-0.1, -0.05) is 0 Å². The number of carbonyl (C=O) groups is 1. The number of carbonyl (C=O) groups excluding carboxylic acids is 1. The first-order valence-corrected chi connectivity index (χ1v) is 4.54. The van der Waals surface area contributed by atoms with Gasteiger partial charge in [0.2, 0.25) is 0 Å². The Balaban J connectivity index is 2.45. The van der Waals surface area contributed by atoms with Gasteiger partial charge in [0.25, 0.3) is 0 Å². The number of rotatable bonds is 3. The van der Waals surface area contributed by atoms with E-state index in [0.29, 0.717) is 6.61 Å². The fourth-order valence-electron chi connectivity index (χ4n) is 1.52. The molecule has 0 aliphatic carbocycles. The van der Waals surface area contributed by atoms with E-state index in [4.69, 9.17) is 4.74 Å². The van der Waals surface area contributed by atoms with E-state index < -0.39 is 12.0 Å². The second-order valence-corrected chi connectivity index (χ2v) is 3.35. The highest BCUT2D eigenvalue weighted by atomic mass is 16.5. The molecule has 3 atom stereocenters. The van der Waals surface area contributed by atoms with Gasteiger partial charge in [0, 0.05) is 6.61 Å². The van der Waals surface area contributed by atoms with Gasteiger partial charge >= 0.3 is 5.97 Å². The molecule has 0 spiro atoms. The molecule has 1 heterocycles. The smallest absolute Gasteiger partial charge is 0.311 e. The van der Waals surface area contributed by atoms with Crippen LogP contribution >= 0.6 is 0 Å². The third kappa shape index (κ3) is 2.42. The van der Waals surface area contributed by atoms with Crippen LogP contribution in [0.5, 0.6) is 0 Å². The molecule has 4 nitrogen and oxygen atoms in total. The summed E-state index contributed by atoms with van der Waals surface area (Å²) in [4.78, 5) is 11.1. The van der Waals surface area contributed by atoms with Gasteiger partial charge in [-0.3, -0.25) is 4.79 Å². The first-order chi connectivity index (χ1) is 6.16. The van der Waals surface area contributed by atoms with Crippen molar-refractivity contribution >= 4 is 5.97 Å². The summed E-state index contributed by atoms with van der Waals surface area (Å²) in [5.41, 5.74) is 0. The van der Waals surface area contributed by atoms with E-state index in [1.165, 1.54) is 7.11 Å². The Morgan fingerprint density at radius 3 is 2.85 bits per heavy atom. The molecule has 0 aromatic heterocycles. The summed E-state index contributed by atoms with van der Waals surface area (Å²) in [6.45, 7) is 2.33. The van der Waals surface area contributed by atoms with Crippen molar-refractivity contribution in [2.75, 3.05) is 13.7 Å². The number of esters is 1. The van der Waals surface area contributed by atoms with Crippen LogP contribution < -0.4 is 0 Å². The standard InChI is InChI=1S/C9H16O4/c1-6(9(11)12-2)8(10)7-4-3-5-13-7/h6-8,10H,3-5H2,1-2H3. The van der Waals surface area contributed by atoms with Gasteiger partial charge in [-0.15, -0.1) is 0 Å². The van der Waals surface area contributed by atoms with Crippen LogP contribution in [0.4, 0.5) is 0 Å². The number of hydrogen-bond acceptors (Lipinski definition) is 4. The minimum Gasteiger partial charge on any atom is -0.469 e. The van der Waals surface area contributed by atoms with E-state index in [0.717, 1.165) is 12.8 Å². The highest BCUT2D eigenvalue weighted by molar-refractivity contribution is 5.72. The SMILES string of the molecule is COC(=O)C(C)C(O)C1CCCO1. The molecule has 0 aromatic rings. The molecule has 1 N–H and O–H groups in total. The molecule has 0 saturated carbocycles. The lowest BCUT2D eigenvalue weighted by Crippen LogP contribution is -2.36. The number of aliphatic hydroxyl groups is 1. The number of methoxy groups -OCH3 is 1. The fourth-order valence-corrected chi connectivity index (χ4v) is 1.52. The van der Waals surface area contributed by atoms with Gasteiger partial charge in [0.1, 0.15) is 0 Å².